The highest BCUT2D eigenvalue weighted by Gasteiger charge is 2.50. The van der Waals surface area contributed by atoms with E-state index in [4.69, 9.17) is 23.2 Å². The predicted molar refractivity (Wildman–Crippen MR) is 112 cm³/mol. The van der Waals surface area contributed by atoms with Crippen molar-refractivity contribution in [2.45, 2.75) is 25.7 Å². The van der Waals surface area contributed by atoms with Gasteiger partial charge in [-0.2, -0.15) is 0 Å². The molecule has 4 atom stereocenters. The van der Waals surface area contributed by atoms with Crippen LogP contribution in [0.3, 0.4) is 0 Å². The number of benzene rings is 1. The molecule has 4 aliphatic rings. The van der Waals surface area contributed by atoms with E-state index in [0.29, 0.717) is 47.1 Å². The number of imide groups is 2. The third-order valence-electron chi connectivity index (χ3n) is 6.50. The van der Waals surface area contributed by atoms with Crippen molar-refractivity contribution in [3.63, 3.8) is 0 Å². The molecule has 2 fully saturated rings. The van der Waals surface area contributed by atoms with Gasteiger partial charge in [-0.15, -0.1) is 0 Å². The van der Waals surface area contributed by atoms with Crippen LogP contribution in [0.1, 0.15) is 25.7 Å². The molecule has 4 amide bonds. The second-order valence-corrected chi connectivity index (χ2v) is 9.12. The summed E-state index contributed by atoms with van der Waals surface area (Å²) < 4.78 is 0. The highest BCUT2D eigenvalue weighted by atomic mass is 35.5. The van der Waals surface area contributed by atoms with Crippen molar-refractivity contribution in [1.29, 1.82) is 0 Å². The van der Waals surface area contributed by atoms with E-state index in [1.807, 2.05) is 0 Å². The molecule has 154 valence electrons. The van der Waals surface area contributed by atoms with Crippen molar-refractivity contribution in [3.05, 3.63) is 46.5 Å². The zero-order valence-corrected chi connectivity index (χ0v) is 17.4. The van der Waals surface area contributed by atoms with Gasteiger partial charge < -0.3 is 0 Å². The van der Waals surface area contributed by atoms with Crippen LogP contribution < -0.4 is 9.80 Å². The van der Waals surface area contributed by atoms with E-state index in [2.05, 4.69) is 0 Å². The lowest BCUT2D eigenvalue weighted by Gasteiger charge is -2.18. The Hall–Kier alpha value is -2.44. The molecule has 1 aromatic carbocycles. The van der Waals surface area contributed by atoms with Gasteiger partial charge in [0.25, 0.3) is 0 Å². The highest BCUT2D eigenvalue weighted by Crippen LogP contribution is 2.43. The Morgan fingerprint density at radius 2 is 0.933 bits per heavy atom. The van der Waals surface area contributed by atoms with Gasteiger partial charge in [-0.3, -0.25) is 29.0 Å². The number of amides is 4. The molecule has 30 heavy (non-hydrogen) atoms. The van der Waals surface area contributed by atoms with E-state index in [1.165, 1.54) is 9.80 Å². The molecule has 0 bridgehead atoms. The summed E-state index contributed by atoms with van der Waals surface area (Å²) in [6.07, 6.45) is 5.26. The average Bonchev–Trinajstić information content (AvgIpc) is 3.12. The number of allylic oxidation sites excluding steroid dienone is 4. The molecule has 5 rings (SSSR count). The molecule has 0 saturated carbocycles. The van der Waals surface area contributed by atoms with E-state index >= 15 is 0 Å². The van der Waals surface area contributed by atoms with Crippen LogP contribution in [0, 0.1) is 23.7 Å². The molecular formula is C22H18Cl2N2O4. The molecule has 8 heteroatoms. The van der Waals surface area contributed by atoms with E-state index in [1.54, 1.807) is 36.4 Å². The first-order valence-corrected chi connectivity index (χ1v) is 10.7. The molecule has 1 aromatic rings. The quantitative estimate of drug-likeness (QED) is 0.651. The van der Waals surface area contributed by atoms with Crippen molar-refractivity contribution >= 4 is 58.2 Å². The van der Waals surface area contributed by atoms with Crippen LogP contribution in [0.4, 0.5) is 11.4 Å². The Labute approximate surface area is 183 Å². The standard InChI is InChI=1S/C22H18Cl2N2O4/c23-11-1-7-15-17(9-11)21(29)25(19(15)27)13-3-5-14(6-4-13)26-20(28)16-8-2-12(24)10-18(16)22(26)30/h1-6,15-18H,7-10H2. The van der Waals surface area contributed by atoms with Gasteiger partial charge in [-0.25, -0.2) is 0 Å². The van der Waals surface area contributed by atoms with Crippen molar-refractivity contribution in [2.75, 3.05) is 9.80 Å². The minimum atomic E-state index is -0.434. The maximum Gasteiger partial charge on any atom is 0.238 e. The number of halogens is 2. The number of hydrogen-bond acceptors (Lipinski definition) is 4. The molecule has 0 radical (unpaired) electrons. The first-order valence-electron chi connectivity index (χ1n) is 9.91. The fourth-order valence-electron chi connectivity index (χ4n) is 4.91. The average molecular weight is 445 g/mol. The van der Waals surface area contributed by atoms with Crippen LogP contribution in [0.15, 0.2) is 46.5 Å². The van der Waals surface area contributed by atoms with E-state index in [0.717, 1.165) is 0 Å². The van der Waals surface area contributed by atoms with Crippen molar-refractivity contribution in [3.8, 4) is 0 Å². The number of nitrogens with zero attached hydrogens (tertiary/aromatic N) is 2. The first kappa shape index (κ1) is 19.5. The van der Waals surface area contributed by atoms with Gasteiger partial charge in [0.1, 0.15) is 0 Å². The maximum absolute atomic E-state index is 12.8. The van der Waals surface area contributed by atoms with Gasteiger partial charge in [0, 0.05) is 10.1 Å². The van der Waals surface area contributed by atoms with Crippen molar-refractivity contribution in [1.82, 2.24) is 0 Å². The first-order chi connectivity index (χ1) is 14.4. The number of hydrogen-bond donors (Lipinski definition) is 0. The molecule has 0 N–H and O–H groups in total. The summed E-state index contributed by atoms with van der Waals surface area (Å²) in [4.78, 5) is 53.6. The highest BCUT2D eigenvalue weighted by molar-refractivity contribution is 6.31. The lowest BCUT2D eigenvalue weighted by atomic mass is 9.85. The molecule has 0 aromatic heterocycles. The molecule has 0 spiro atoms. The van der Waals surface area contributed by atoms with Gasteiger partial charge in [-0.05, 0) is 49.9 Å². The molecule has 2 aliphatic carbocycles. The van der Waals surface area contributed by atoms with Crippen LogP contribution in [-0.4, -0.2) is 23.6 Å². The second kappa shape index (κ2) is 7.06. The summed E-state index contributed by atoms with van der Waals surface area (Å²) >= 11 is 12.1. The predicted octanol–water partition coefficient (Wildman–Crippen LogP) is 3.73. The van der Waals surface area contributed by atoms with Gasteiger partial charge in [0.05, 0.1) is 35.0 Å². The maximum atomic E-state index is 12.8. The lowest BCUT2D eigenvalue weighted by Crippen LogP contribution is -2.32. The van der Waals surface area contributed by atoms with Gasteiger partial charge >= 0.3 is 0 Å². The number of fused-ring (bicyclic) bond motifs is 2. The Morgan fingerprint density at radius 3 is 1.30 bits per heavy atom. The SMILES string of the molecule is O=C1C2CC=C(Cl)CC2C(=O)N1c1ccc(N2C(=O)C3CC=C(Cl)CC3C2=O)cc1. The topological polar surface area (TPSA) is 74.8 Å². The molecule has 2 saturated heterocycles. The fraction of sp³-hybridized carbons (Fsp3) is 0.364. The number of anilines is 2. The van der Waals surface area contributed by atoms with Gasteiger partial charge in [0.15, 0.2) is 0 Å². The Balaban J connectivity index is 1.39. The van der Waals surface area contributed by atoms with E-state index in [-0.39, 0.29) is 35.5 Å². The van der Waals surface area contributed by atoms with Crippen LogP contribution in [0.2, 0.25) is 0 Å². The van der Waals surface area contributed by atoms with Crippen LogP contribution >= 0.6 is 23.2 Å². The summed E-state index contributed by atoms with van der Waals surface area (Å²) in [5.74, 6) is -2.64. The fourth-order valence-corrected chi connectivity index (χ4v) is 5.43. The summed E-state index contributed by atoms with van der Waals surface area (Å²) in [7, 11) is 0. The Kier molecular flexibility index (Phi) is 4.60. The smallest absolute Gasteiger partial charge is 0.238 e. The Bertz CT molecular complexity index is 963. The molecule has 2 aliphatic heterocycles. The second-order valence-electron chi connectivity index (χ2n) is 8.15. The minimum absolute atomic E-state index is 0.238. The van der Waals surface area contributed by atoms with Crippen LogP contribution in [0.5, 0.6) is 0 Å². The molecule has 4 unspecified atom stereocenters. The third-order valence-corrected chi connectivity index (χ3v) is 7.12. The van der Waals surface area contributed by atoms with E-state index < -0.39 is 11.8 Å². The minimum Gasteiger partial charge on any atom is -0.274 e. The largest absolute Gasteiger partial charge is 0.274 e. The van der Waals surface area contributed by atoms with Crippen molar-refractivity contribution in [2.24, 2.45) is 23.7 Å². The number of carbonyl (C=O) groups excluding carboxylic acids is 4. The molecule has 6 nitrogen and oxygen atoms in total. The molecule has 2 heterocycles. The summed E-state index contributed by atoms with van der Waals surface area (Å²) in [5, 5.41) is 1.22. The summed E-state index contributed by atoms with van der Waals surface area (Å²) in [6.45, 7) is 0. The monoisotopic (exact) mass is 444 g/mol. The summed E-state index contributed by atoms with van der Waals surface area (Å²) in [5.41, 5.74) is 0.862. The lowest BCUT2D eigenvalue weighted by molar-refractivity contribution is -0.124. The zero-order valence-electron chi connectivity index (χ0n) is 15.9. The van der Waals surface area contributed by atoms with Gasteiger partial charge in [-0.1, -0.05) is 35.4 Å². The third kappa shape index (κ3) is 2.85. The van der Waals surface area contributed by atoms with Crippen molar-refractivity contribution < 1.29 is 19.2 Å². The van der Waals surface area contributed by atoms with Crippen LogP contribution in [0.25, 0.3) is 0 Å². The summed E-state index contributed by atoms with van der Waals surface area (Å²) in [6, 6.07) is 6.41. The number of carbonyl (C=O) groups is 4. The number of rotatable bonds is 2. The van der Waals surface area contributed by atoms with Gasteiger partial charge in [0.2, 0.25) is 23.6 Å². The van der Waals surface area contributed by atoms with Crippen LogP contribution in [-0.2, 0) is 19.2 Å². The zero-order chi connectivity index (χ0) is 21.2. The van der Waals surface area contributed by atoms with E-state index in [9.17, 15) is 19.2 Å². The molecular weight excluding hydrogens is 427 g/mol. The Morgan fingerprint density at radius 1 is 0.600 bits per heavy atom. The normalized spacial score (nSPS) is 31.0.